The van der Waals surface area contributed by atoms with Gasteiger partial charge in [0.2, 0.25) is 11.8 Å². The average Bonchev–Trinajstić information content (AvgIpc) is 2.71. The number of aromatic hydroxyl groups is 1. The largest absolute Gasteiger partial charge is 0.506 e. The van der Waals surface area contributed by atoms with E-state index in [1.54, 1.807) is 0 Å². The Morgan fingerprint density at radius 2 is 2.03 bits per heavy atom. The summed E-state index contributed by atoms with van der Waals surface area (Å²) in [5.74, 6) is -2.16. The monoisotopic (exact) mass is 404 g/mol. The highest BCUT2D eigenvalue weighted by molar-refractivity contribution is 5.93. The fourth-order valence-electron chi connectivity index (χ4n) is 2.07. The first kappa shape index (κ1) is 19.7. The summed E-state index contributed by atoms with van der Waals surface area (Å²) in [6.07, 6.45) is 5.64. The lowest BCUT2D eigenvalue weighted by molar-refractivity contribution is -0.0528. The molecule has 1 amide bonds. The number of aromatic nitrogens is 4. The number of pyridine rings is 2. The quantitative estimate of drug-likeness (QED) is 0.367. The van der Waals surface area contributed by atoms with Crippen molar-refractivity contribution in [1.82, 2.24) is 25.4 Å². The van der Waals surface area contributed by atoms with Crippen molar-refractivity contribution in [2.75, 3.05) is 0 Å². The van der Waals surface area contributed by atoms with Gasteiger partial charge in [0.1, 0.15) is 11.4 Å². The Bertz CT molecular complexity index is 1050. The van der Waals surface area contributed by atoms with E-state index in [1.807, 2.05) is 0 Å². The van der Waals surface area contributed by atoms with Crippen molar-refractivity contribution in [3.63, 3.8) is 0 Å². The molecular weight excluding hydrogens is 393 g/mol. The molecule has 148 valence electrons. The Labute approximate surface area is 161 Å². The molecule has 0 fully saturated rings. The van der Waals surface area contributed by atoms with Gasteiger partial charge in [0.15, 0.2) is 0 Å². The van der Waals surface area contributed by atoms with Crippen LogP contribution in [0.1, 0.15) is 16.1 Å². The van der Waals surface area contributed by atoms with Gasteiger partial charge in [0, 0.05) is 17.8 Å². The fraction of sp³-hybridized carbons (Fsp3) is 0.0588. The van der Waals surface area contributed by atoms with Crippen molar-refractivity contribution in [1.29, 1.82) is 0 Å². The minimum Gasteiger partial charge on any atom is -0.506 e. The lowest BCUT2D eigenvalue weighted by Gasteiger charge is -2.05. The number of carbonyl (C=O) groups is 1. The number of amides is 1. The molecule has 0 radical (unpaired) electrons. The van der Waals surface area contributed by atoms with Crippen LogP contribution >= 0.6 is 0 Å². The van der Waals surface area contributed by atoms with Gasteiger partial charge in [-0.1, -0.05) is 0 Å². The summed E-state index contributed by atoms with van der Waals surface area (Å²) in [7, 11) is 0. The van der Waals surface area contributed by atoms with Crippen LogP contribution in [0.2, 0.25) is 0 Å². The molecule has 2 N–H and O–H groups in total. The van der Waals surface area contributed by atoms with Crippen molar-refractivity contribution in [2.24, 2.45) is 5.10 Å². The number of ether oxygens (including phenoxy) is 1. The van der Waals surface area contributed by atoms with E-state index >= 15 is 0 Å². The highest BCUT2D eigenvalue weighted by atomic mass is 19.3. The van der Waals surface area contributed by atoms with Crippen molar-refractivity contribution < 1.29 is 27.8 Å². The van der Waals surface area contributed by atoms with Gasteiger partial charge in [0.05, 0.1) is 36.1 Å². The third kappa shape index (κ3) is 5.22. The van der Waals surface area contributed by atoms with E-state index in [1.165, 1.54) is 30.7 Å². The van der Waals surface area contributed by atoms with Gasteiger partial charge in [-0.2, -0.15) is 18.3 Å². The summed E-state index contributed by atoms with van der Waals surface area (Å²) in [6, 6.07) is 3.72. The predicted octanol–water partition coefficient (Wildman–Crippen LogP) is 2.14. The highest BCUT2D eigenvalue weighted by Crippen LogP contribution is 2.19. The minimum absolute atomic E-state index is 0.109. The SMILES string of the molecule is O=C(N/N=C/c1cc(O)cnc1F)c1cncc(-c2ccc(OC(F)F)nc2)n1. The molecular formula is C17H11F3N6O3. The second-order valence-electron chi connectivity index (χ2n) is 5.33. The fourth-order valence-corrected chi connectivity index (χ4v) is 2.07. The maximum Gasteiger partial charge on any atom is 0.388 e. The molecule has 29 heavy (non-hydrogen) atoms. The van der Waals surface area contributed by atoms with E-state index in [0.29, 0.717) is 5.56 Å². The molecule has 3 aromatic rings. The molecule has 9 nitrogen and oxygen atoms in total. The lowest BCUT2D eigenvalue weighted by Crippen LogP contribution is -2.19. The first-order valence-electron chi connectivity index (χ1n) is 7.83. The zero-order chi connectivity index (χ0) is 20.8. The zero-order valence-electron chi connectivity index (χ0n) is 14.3. The molecule has 0 spiro atoms. The van der Waals surface area contributed by atoms with Crippen LogP contribution < -0.4 is 10.2 Å². The van der Waals surface area contributed by atoms with Gasteiger partial charge in [0.25, 0.3) is 5.91 Å². The van der Waals surface area contributed by atoms with E-state index in [0.717, 1.165) is 18.5 Å². The molecule has 0 aromatic carbocycles. The molecule has 3 heterocycles. The summed E-state index contributed by atoms with van der Waals surface area (Å²) in [6.45, 7) is -3.00. The maximum absolute atomic E-state index is 13.5. The van der Waals surface area contributed by atoms with Crippen LogP contribution in [0.25, 0.3) is 11.3 Å². The standard InChI is InChI=1S/C17H11F3N6O3/c18-15-10(3-11(27)6-23-15)5-24-26-16(28)13-8-21-7-12(25-13)9-1-2-14(22-4-9)29-17(19)20/h1-8,17,27H,(H,26,28)/b24-5+. The summed E-state index contributed by atoms with van der Waals surface area (Å²) in [5, 5.41) is 12.9. The minimum atomic E-state index is -3.00. The molecule has 0 saturated carbocycles. The van der Waals surface area contributed by atoms with E-state index in [4.69, 9.17) is 0 Å². The van der Waals surface area contributed by atoms with Crippen LogP contribution in [0, 0.1) is 5.95 Å². The van der Waals surface area contributed by atoms with E-state index in [2.05, 4.69) is 35.2 Å². The smallest absolute Gasteiger partial charge is 0.388 e. The molecule has 12 heteroatoms. The van der Waals surface area contributed by atoms with Crippen molar-refractivity contribution in [3.05, 3.63) is 60.2 Å². The van der Waals surface area contributed by atoms with Crippen molar-refractivity contribution in [3.8, 4) is 22.9 Å². The number of hydrogen-bond acceptors (Lipinski definition) is 8. The van der Waals surface area contributed by atoms with Gasteiger partial charge in [-0.25, -0.2) is 20.4 Å². The molecule has 0 unspecified atom stereocenters. The van der Waals surface area contributed by atoms with E-state index in [-0.39, 0.29) is 28.6 Å². The number of nitrogens with one attached hydrogen (secondary N) is 1. The topological polar surface area (TPSA) is 122 Å². The average molecular weight is 404 g/mol. The molecule has 0 aliphatic carbocycles. The Balaban J connectivity index is 1.71. The molecule has 3 rings (SSSR count). The number of carbonyl (C=O) groups excluding carboxylic acids is 1. The molecule has 0 saturated heterocycles. The van der Waals surface area contributed by atoms with Crippen LogP contribution in [0.5, 0.6) is 11.6 Å². The van der Waals surface area contributed by atoms with Crippen LogP contribution in [0.4, 0.5) is 13.2 Å². The summed E-state index contributed by atoms with van der Waals surface area (Å²) < 4.78 is 41.9. The summed E-state index contributed by atoms with van der Waals surface area (Å²) in [4.78, 5) is 27.1. The highest BCUT2D eigenvalue weighted by Gasteiger charge is 2.11. The number of hydrazone groups is 1. The van der Waals surface area contributed by atoms with E-state index < -0.39 is 18.5 Å². The van der Waals surface area contributed by atoms with Gasteiger partial charge in [-0.15, -0.1) is 0 Å². The zero-order valence-corrected chi connectivity index (χ0v) is 14.3. The number of alkyl halides is 2. The van der Waals surface area contributed by atoms with Crippen LogP contribution in [-0.4, -0.2) is 43.8 Å². The molecule has 0 aliphatic rings. The first-order valence-corrected chi connectivity index (χ1v) is 7.83. The number of hydrogen-bond donors (Lipinski definition) is 2. The number of rotatable bonds is 6. The third-order valence-corrected chi connectivity index (χ3v) is 3.33. The van der Waals surface area contributed by atoms with Crippen molar-refractivity contribution >= 4 is 12.1 Å². The summed E-state index contributed by atoms with van der Waals surface area (Å²) in [5.41, 5.74) is 2.55. The van der Waals surface area contributed by atoms with Crippen molar-refractivity contribution in [2.45, 2.75) is 6.61 Å². The lowest BCUT2D eigenvalue weighted by atomic mass is 10.2. The molecule has 0 bridgehead atoms. The molecule has 0 aliphatic heterocycles. The first-order chi connectivity index (χ1) is 13.9. The second-order valence-corrected chi connectivity index (χ2v) is 5.33. The second kappa shape index (κ2) is 8.73. The normalized spacial score (nSPS) is 11.0. The van der Waals surface area contributed by atoms with Crippen LogP contribution in [0.15, 0.2) is 48.1 Å². The maximum atomic E-state index is 13.5. The Hall–Kier alpha value is -4.09. The Morgan fingerprint density at radius 1 is 1.21 bits per heavy atom. The van der Waals surface area contributed by atoms with Crippen LogP contribution in [0.3, 0.4) is 0 Å². The Morgan fingerprint density at radius 3 is 2.76 bits per heavy atom. The van der Waals surface area contributed by atoms with Crippen LogP contribution in [-0.2, 0) is 0 Å². The molecule has 0 atom stereocenters. The van der Waals surface area contributed by atoms with Gasteiger partial charge in [-0.3, -0.25) is 9.78 Å². The Kier molecular flexibility index (Phi) is 5.92. The predicted molar refractivity (Wildman–Crippen MR) is 92.8 cm³/mol. The summed E-state index contributed by atoms with van der Waals surface area (Å²) >= 11 is 0. The van der Waals surface area contributed by atoms with E-state index in [9.17, 15) is 23.1 Å². The molecule has 3 aromatic heterocycles. The van der Waals surface area contributed by atoms with Gasteiger partial charge >= 0.3 is 6.61 Å². The number of nitrogens with zero attached hydrogens (tertiary/aromatic N) is 5. The third-order valence-electron chi connectivity index (χ3n) is 3.33. The van der Waals surface area contributed by atoms with Gasteiger partial charge < -0.3 is 9.84 Å². The van der Waals surface area contributed by atoms with Gasteiger partial charge in [-0.05, 0) is 12.1 Å². The number of halogens is 3.